The minimum Gasteiger partial charge on any atom is -0.462 e. The summed E-state index contributed by atoms with van der Waals surface area (Å²) in [5.74, 6) is -1.17. The zero-order valence-electron chi connectivity index (χ0n) is 34.0. The molecule has 0 fully saturated rings. The van der Waals surface area contributed by atoms with Crippen LogP contribution in [0.3, 0.4) is 0 Å². The fourth-order valence-electron chi connectivity index (χ4n) is 5.69. The van der Waals surface area contributed by atoms with Crippen molar-refractivity contribution >= 4 is 25.5 Å². The number of aliphatic hydroxyl groups is 1. The standard InChI is InChI=1S/C42H72NO10P/c1-6-8-10-11-12-13-14-15-16-17-23-27-42(47)53-38(35-52-54(48,49)51-33-32-43(3,4)5)34-50-41(46)26-22-19-18-21-24-36-28-31-40(45)39(36)30-29-37(44)25-20-9-7-2/h11-12,18,21,28-31,36-39,44H,6-10,13-17,19-20,22-27,32-35H2,1-5H3/p+1/b12-11-,21-18-,30-29+/t36-,37-,38+,39+/m0/s1. The molecule has 310 valence electrons. The maximum atomic E-state index is 12.6. The lowest BCUT2D eigenvalue weighted by Crippen LogP contribution is -2.37. The molecule has 0 aromatic rings. The van der Waals surface area contributed by atoms with E-state index in [1.165, 1.54) is 12.8 Å². The average molecular weight is 783 g/mol. The summed E-state index contributed by atoms with van der Waals surface area (Å²) in [5.41, 5.74) is 0. The summed E-state index contributed by atoms with van der Waals surface area (Å²) in [6, 6.07) is 0. The first-order valence-electron chi connectivity index (χ1n) is 20.4. The predicted molar refractivity (Wildman–Crippen MR) is 214 cm³/mol. The SMILES string of the molecule is CCCC/C=C\CCCCCCCC(=O)O[C@H](COC(=O)CCC/C=C\C[C@H]1C=CC(=O)[C@@H]1/C=C/[C@@H](O)CCCCC)COP(=O)(O)OCC[N+](C)(C)C. The first-order valence-corrected chi connectivity index (χ1v) is 21.9. The number of quaternary nitrogens is 1. The number of ether oxygens (including phenoxy) is 2. The number of aliphatic hydroxyl groups excluding tert-OH is 1. The molecule has 1 unspecified atom stereocenters. The van der Waals surface area contributed by atoms with Crippen molar-refractivity contribution in [3.05, 3.63) is 48.6 Å². The molecule has 54 heavy (non-hydrogen) atoms. The molecule has 0 saturated carbocycles. The molecule has 0 amide bonds. The van der Waals surface area contributed by atoms with Crippen LogP contribution in [0.25, 0.3) is 0 Å². The van der Waals surface area contributed by atoms with Crippen LogP contribution in [-0.4, -0.2) is 91.9 Å². The van der Waals surface area contributed by atoms with Crippen LogP contribution >= 0.6 is 7.82 Å². The molecule has 2 N–H and O–H groups in total. The fourth-order valence-corrected chi connectivity index (χ4v) is 6.43. The number of carbonyl (C=O) groups excluding carboxylic acids is 3. The van der Waals surface area contributed by atoms with Crippen molar-refractivity contribution in [2.75, 3.05) is 47.5 Å². The Labute approximate surface area is 326 Å². The van der Waals surface area contributed by atoms with Gasteiger partial charge in [-0.25, -0.2) is 4.57 Å². The Morgan fingerprint density at radius 3 is 2.20 bits per heavy atom. The van der Waals surface area contributed by atoms with Gasteiger partial charge in [0.15, 0.2) is 11.9 Å². The Balaban J connectivity index is 2.51. The van der Waals surface area contributed by atoms with Gasteiger partial charge in [0.05, 0.1) is 33.9 Å². The van der Waals surface area contributed by atoms with Crippen molar-refractivity contribution in [2.45, 2.75) is 142 Å². The summed E-state index contributed by atoms with van der Waals surface area (Å²) in [6.45, 7) is 4.01. The number of carbonyl (C=O) groups is 3. The summed E-state index contributed by atoms with van der Waals surface area (Å²) < 4.78 is 34.1. The molecule has 0 bridgehead atoms. The highest BCUT2D eigenvalue weighted by Gasteiger charge is 2.28. The molecule has 1 rings (SSSR count). The molecule has 0 aromatic carbocycles. The number of esters is 2. The lowest BCUT2D eigenvalue weighted by molar-refractivity contribution is -0.870. The van der Waals surface area contributed by atoms with Gasteiger partial charge >= 0.3 is 19.8 Å². The van der Waals surface area contributed by atoms with Crippen LogP contribution in [-0.2, 0) is 37.5 Å². The molecule has 5 atom stereocenters. The average Bonchev–Trinajstić information content (AvgIpc) is 3.46. The minimum atomic E-state index is -4.42. The zero-order chi connectivity index (χ0) is 40.1. The van der Waals surface area contributed by atoms with Crippen LogP contribution in [0.4, 0.5) is 0 Å². The third kappa shape index (κ3) is 27.2. The maximum absolute atomic E-state index is 12.6. The summed E-state index contributed by atoms with van der Waals surface area (Å²) in [4.78, 5) is 47.7. The van der Waals surface area contributed by atoms with E-state index in [0.29, 0.717) is 43.1 Å². The highest BCUT2D eigenvalue weighted by Crippen LogP contribution is 2.43. The van der Waals surface area contributed by atoms with E-state index in [4.69, 9.17) is 18.5 Å². The van der Waals surface area contributed by atoms with Gasteiger partial charge in [-0.3, -0.25) is 23.4 Å². The van der Waals surface area contributed by atoms with E-state index in [-0.39, 0.29) is 43.7 Å². The summed E-state index contributed by atoms with van der Waals surface area (Å²) in [6.07, 6.45) is 29.4. The van der Waals surface area contributed by atoms with Gasteiger partial charge in [0, 0.05) is 18.8 Å². The quantitative estimate of drug-likeness (QED) is 0.0218. The zero-order valence-corrected chi connectivity index (χ0v) is 34.9. The number of allylic oxidation sites excluding steroid dienone is 7. The van der Waals surface area contributed by atoms with E-state index in [2.05, 4.69) is 26.0 Å². The number of hydrogen-bond donors (Lipinski definition) is 2. The monoisotopic (exact) mass is 782 g/mol. The van der Waals surface area contributed by atoms with Crippen molar-refractivity contribution in [3.8, 4) is 0 Å². The second-order valence-corrected chi connectivity index (χ2v) is 16.8. The second-order valence-electron chi connectivity index (χ2n) is 15.3. The largest absolute Gasteiger partial charge is 0.472 e. The molecule has 1 aliphatic carbocycles. The number of nitrogens with zero attached hydrogens (tertiary/aromatic N) is 1. The molecule has 0 heterocycles. The van der Waals surface area contributed by atoms with E-state index < -0.39 is 38.6 Å². The van der Waals surface area contributed by atoms with Gasteiger partial charge in [0.25, 0.3) is 0 Å². The molecular weight excluding hydrogens is 709 g/mol. The van der Waals surface area contributed by atoms with Gasteiger partial charge in [-0.05, 0) is 63.4 Å². The molecule has 0 aliphatic heterocycles. The highest BCUT2D eigenvalue weighted by molar-refractivity contribution is 7.47. The molecule has 12 heteroatoms. The number of unbranched alkanes of at least 4 members (excludes halogenated alkanes) is 10. The van der Waals surface area contributed by atoms with E-state index in [1.54, 1.807) is 12.2 Å². The molecule has 0 aromatic heterocycles. The van der Waals surface area contributed by atoms with Gasteiger partial charge in [-0.15, -0.1) is 0 Å². The van der Waals surface area contributed by atoms with Crippen molar-refractivity contribution in [2.24, 2.45) is 11.8 Å². The minimum absolute atomic E-state index is 0.00323. The number of likely N-dealkylation sites (N-methyl/N-ethyl adjacent to an activating group) is 1. The van der Waals surface area contributed by atoms with E-state index in [9.17, 15) is 28.9 Å². The topological polar surface area (TPSA) is 146 Å². The second kappa shape index (κ2) is 29.8. The van der Waals surface area contributed by atoms with Gasteiger partial charge in [0.1, 0.15) is 19.8 Å². The predicted octanol–water partition coefficient (Wildman–Crippen LogP) is 8.74. The van der Waals surface area contributed by atoms with E-state index in [1.807, 2.05) is 45.4 Å². The summed E-state index contributed by atoms with van der Waals surface area (Å²) in [5, 5.41) is 10.2. The van der Waals surface area contributed by atoms with Crippen LogP contribution in [0.1, 0.15) is 129 Å². The van der Waals surface area contributed by atoms with Crippen LogP contribution in [0, 0.1) is 11.8 Å². The lowest BCUT2D eigenvalue weighted by Gasteiger charge is -2.24. The van der Waals surface area contributed by atoms with Crippen LogP contribution in [0.15, 0.2) is 48.6 Å². The number of phosphoric ester groups is 1. The van der Waals surface area contributed by atoms with Crippen LogP contribution < -0.4 is 0 Å². The Morgan fingerprint density at radius 1 is 0.833 bits per heavy atom. The normalized spacial score (nSPS) is 18.5. The van der Waals surface area contributed by atoms with Crippen molar-refractivity contribution < 1.29 is 52.0 Å². The molecule has 0 radical (unpaired) electrons. The third-order valence-corrected chi connectivity index (χ3v) is 10.1. The van der Waals surface area contributed by atoms with Gasteiger partial charge in [0.2, 0.25) is 0 Å². The summed E-state index contributed by atoms with van der Waals surface area (Å²) >= 11 is 0. The number of rotatable bonds is 33. The third-order valence-electron chi connectivity index (χ3n) is 9.08. The first-order chi connectivity index (χ1) is 25.8. The molecule has 0 spiro atoms. The molecule has 0 saturated heterocycles. The van der Waals surface area contributed by atoms with Crippen molar-refractivity contribution in [1.29, 1.82) is 0 Å². The fraction of sp³-hybridized carbons (Fsp3) is 0.738. The number of ketones is 1. The van der Waals surface area contributed by atoms with Crippen molar-refractivity contribution in [1.82, 2.24) is 0 Å². The van der Waals surface area contributed by atoms with E-state index >= 15 is 0 Å². The molecule has 1 aliphatic rings. The van der Waals surface area contributed by atoms with E-state index in [0.717, 1.165) is 57.8 Å². The number of hydrogen-bond acceptors (Lipinski definition) is 9. The Morgan fingerprint density at radius 2 is 1.48 bits per heavy atom. The van der Waals surface area contributed by atoms with Crippen molar-refractivity contribution in [3.63, 3.8) is 0 Å². The van der Waals surface area contributed by atoms with Gasteiger partial charge < -0.3 is 24.0 Å². The smallest absolute Gasteiger partial charge is 0.462 e. The van der Waals surface area contributed by atoms with Crippen LogP contribution in [0.2, 0.25) is 0 Å². The van der Waals surface area contributed by atoms with Crippen LogP contribution in [0.5, 0.6) is 0 Å². The molecule has 11 nitrogen and oxygen atoms in total. The van der Waals surface area contributed by atoms with Gasteiger partial charge in [-0.1, -0.05) is 108 Å². The number of phosphoric acid groups is 1. The van der Waals surface area contributed by atoms with Gasteiger partial charge in [-0.2, -0.15) is 0 Å². The molecular formula is C42H73NO10P+. The maximum Gasteiger partial charge on any atom is 0.472 e. The Kier molecular flexibility index (Phi) is 27.4. The Bertz CT molecular complexity index is 1210. The Hall–Kier alpha value is -2.40. The lowest BCUT2D eigenvalue weighted by atomic mass is 9.90. The summed E-state index contributed by atoms with van der Waals surface area (Å²) in [7, 11) is 1.35. The highest BCUT2D eigenvalue weighted by atomic mass is 31.2. The first kappa shape index (κ1) is 49.6.